The molecule has 0 atom stereocenters. The molecule has 2 aromatic rings. The molecule has 0 aromatic carbocycles. The van der Waals surface area contributed by atoms with Crippen LogP contribution in [0.25, 0.3) is 0 Å². The van der Waals surface area contributed by atoms with Crippen LogP contribution >= 0.6 is 0 Å². The number of carbonyl (C=O) groups excluding carboxylic acids is 1. The summed E-state index contributed by atoms with van der Waals surface area (Å²) in [6, 6.07) is 0. The zero-order valence-corrected chi connectivity index (χ0v) is 11.1. The van der Waals surface area contributed by atoms with Gasteiger partial charge in [0.2, 0.25) is 0 Å². The second kappa shape index (κ2) is 5.51. The maximum Gasteiger partial charge on any atom is 0.325 e. The molecule has 0 aliphatic rings. The zero-order valence-electron chi connectivity index (χ0n) is 11.1. The summed E-state index contributed by atoms with van der Waals surface area (Å²) in [5, 5.41) is 22.6. The lowest BCUT2D eigenvalue weighted by Gasteiger charge is -2.00. The van der Waals surface area contributed by atoms with Crippen LogP contribution in [-0.4, -0.2) is 41.8 Å². The van der Waals surface area contributed by atoms with E-state index >= 15 is 0 Å². The Morgan fingerprint density at radius 1 is 1.40 bits per heavy atom. The van der Waals surface area contributed by atoms with Crippen molar-refractivity contribution < 1.29 is 14.7 Å². The first-order valence-corrected chi connectivity index (χ1v) is 5.85. The number of hydrogen-bond donors (Lipinski definition) is 2. The Labute approximate surface area is 114 Å². The third kappa shape index (κ3) is 3.19. The van der Waals surface area contributed by atoms with E-state index in [2.05, 4.69) is 20.7 Å². The fraction of sp³-hybridized carbons (Fsp3) is 0.364. The van der Waals surface area contributed by atoms with Crippen molar-refractivity contribution in [1.82, 2.24) is 30.1 Å². The Bertz CT molecular complexity index is 644. The average Bonchev–Trinajstić information content (AvgIpc) is 2.92. The first kappa shape index (κ1) is 13.7. The molecule has 106 valence electrons. The van der Waals surface area contributed by atoms with E-state index in [0.717, 1.165) is 15.9 Å². The van der Waals surface area contributed by atoms with E-state index < -0.39 is 11.9 Å². The summed E-state index contributed by atoms with van der Waals surface area (Å²) >= 11 is 0. The largest absolute Gasteiger partial charge is 0.480 e. The summed E-state index contributed by atoms with van der Waals surface area (Å²) < 4.78 is 2.76. The van der Waals surface area contributed by atoms with Gasteiger partial charge in [0.25, 0.3) is 5.91 Å². The van der Waals surface area contributed by atoms with Gasteiger partial charge in [0.15, 0.2) is 5.69 Å². The van der Waals surface area contributed by atoms with Crippen molar-refractivity contribution in [2.24, 2.45) is 7.05 Å². The van der Waals surface area contributed by atoms with Crippen molar-refractivity contribution in [3.63, 3.8) is 0 Å². The lowest BCUT2D eigenvalue weighted by Crippen LogP contribution is -2.23. The molecule has 0 saturated carbocycles. The van der Waals surface area contributed by atoms with E-state index in [0.29, 0.717) is 6.54 Å². The van der Waals surface area contributed by atoms with Gasteiger partial charge >= 0.3 is 5.97 Å². The molecule has 2 rings (SSSR count). The van der Waals surface area contributed by atoms with Crippen LogP contribution in [0.5, 0.6) is 0 Å². The van der Waals surface area contributed by atoms with E-state index in [1.165, 1.54) is 6.20 Å². The minimum atomic E-state index is -1.05. The number of aliphatic carboxylic acids is 1. The summed E-state index contributed by atoms with van der Waals surface area (Å²) in [6.45, 7) is 1.84. The first-order valence-electron chi connectivity index (χ1n) is 5.85. The zero-order chi connectivity index (χ0) is 14.7. The Morgan fingerprint density at radius 3 is 2.75 bits per heavy atom. The smallest absolute Gasteiger partial charge is 0.325 e. The maximum absolute atomic E-state index is 11.8. The van der Waals surface area contributed by atoms with Crippen molar-refractivity contribution in [2.45, 2.75) is 20.0 Å². The molecule has 20 heavy (non-hydrogen) atoms. The van der Waals surface area contributed by atoms with Gasteiger partial charge in [-0.2, -0.15) is 5.10 Å². The van der Waals surface area contributed by atoms with Crippen LogP contribution in [0.1, 0.15) is 21.7 Å². The lowest BCUT2D eigenvalue weighted by molar-refractivity contribution is -0.137. The molecule has 1 amide bonds. The van der Waals surface area contributed by atoms with E-state index in [-0.39, 0.29) is 12.2 Å². The number of carboxylic acid groups (broad SMARTS) is 1. The normalized spacial score (nSPS) is 10.5. The third-order valence-electron chi connectivity index (χ3n) is 2.62. The third-order valence-corrected chi connectivity index (χ3v) is 2.62. The Hall–Kier alpha value is -2.71. The molecule has 9 nitrogen and oxygen atoms in total. The van der Waals surface area contributed by atoms with Crippen LogP contribution < -0.4 is 5.32 Å². The molecule has 2 heterocycles. The van der Waals surface area contributed by atoms with Gasteiger partial charge < -0.3 is 10.4 Å². The molecule has 0 saturated heterocycles. The van der Waals surface area contributed by atoms with E-state index in [1.54, 1.807) is 11.7 Å². The SMILES string of the molecule is Cc1nn(C)cc1CNC(=O)c1cn(CC(=O)O)nn1. The van der Waals surface area contributed by atoms with Gasteiger partial charge in [0, 0.05) is 25.4 Å². The van der Waals surface area contributed by atoms with Crippen LogP contribution in [0.4, 0.5) is 0 Å². The Balaban J connectivity index is 1.96. The number of hydrogen-bond acceptors (Lipinski definition) is 5. The summed E-state index contributed by atoms with van der Waals surface area (Å²) in [5.74, 6) is -1.46. The molecular weight excluding hydrogens is 264 g/mol. The molecule has 0 fully saturated rings. The van der Waals surface area contributed by atoms with Crippen molar-refractivity contribution in [3.05, 3.63) is 29.3 Å². The average molecular weight is 278 g/mol. The maximum atomic E-state index is 11.8. The van der Waals surface area contributed by atoms with Gasteiger partial charge in [-0.05, 0) is 6.92 Å². The van der Waals surface area contributed by atoms with Gasteiger partial charge in [-0.1, -0.05) is 5.21 Å². The van der Waals surface area contributed by atoms with Crippen molar-refractivity contribution in [2.75, 3.05) is 0 Å². The number of carbonyl (C=O) groups is 2. The lowest BCUT2D eigenvalue weighted by atomic mass is 10.2. The van der Waals surface area contributed by atoms with Gasteiger partial charge in [-0.25, -0.2) is 4.68 Å². The number of carboxylic acids is 1. The number of nitrogens with zero attached hydrogens (tertiary/aromatic N) is 5. The van der Waals surface area contributed by atoms with E-state index in [9.17, 15) is 9.59 Å². The monoisotopic (exact) mass is 278 g/mol. The van der Waals surface area contributed by atoms with Gasteiger partial charge in [-0.15, -0.1) is 5.10 Å². The topological polar surface area (TPSA) is 115 Å². The standard InChI is InChI=1S/C11H14N6O3/c1-7-8(4-16(2)14-7)3-12-11(20)9-5-17(15-13-9)6-10(18)19/h4-5H,3,6H2,1-2H3,(H,12,20)(H,18,19). The van der Waals surface area contributed by atoms with Crippen molar-refractivity contribution in [3.8, 4) is 0 Å². The second-order valence-corrected chi connectivity index (χ2v) is 4.29. The number of aryl methyl sites for hydroxylation is 2. The van der Waals surface area contributed by atoms with E-state index in [1.807, 2.05) is 13.1 Å². The quantitative estimate of drug-likeness (QED) is 0.750. The van der Waals surface area contributed by atoms with Gasteiger partial charge in [0.1, 0.15) is 6.54 Å². The molecule has 0 aliphatic carbocycles. The number of amides is 1. The van der Waals surface area contributed by atoms with E-state index in [4.69, 9.17) is 5.11 Å². The molecule has 0 aliphatic heterocycles. The number of aromatic nitrogens is 5. The summed E-state index contributed by atoms with van der Waals surface area (Å²) in [6.07, 6.45) is 3.11. The summed E-state index contributed by atoms with van der Waals surface area (Å²) in [5.41, 5.74) is 1.81. The van der Waals surface area contributed by atoms with Crippen LogP contribution in [0.2, 0.25) is 0 Å². The minimum absolute atomic E-state index is 0.0767. The Morgan fingerprint density at radius 2 is 2.15 bits per heavy atom. The highest BCUT2D eigenvalue weighted by molar-refractivity contribution is 5.91. The minimum Gasteiger partial charge on any atom is -0.480 e. The highest BCUT2D eigenvalue weighted by Gasteiger charge is 2.12. The van der Waals surface area contributed by atoms with Crippen LogP contribution in [0, 0.1) is 6.92 Å². The summed E-state index contributed by atoms with van der Waals surface area (Å²) in [7, 11) is 1.80. The van der Waals surface area contributed by atoms with Crippen molar-refractivity contribution in [1.29, 1.82) is 0 Å². The molecule has 2 aromatic heterocycles. The van der Waals surface area contributed by atoms with Crippen LogP contribution in [0.15, 0.2) is 12.4 Å². The highest BCUT2D eigenvalue weighted by atomic mass is 16.4. The molecule has 0 radical (unpaired) electrons. The summed E-state index contributed by atoms with van der Waals surface area (Å²) in [4.78, 5) is 22.3. The van der Waals surface area contributed by atoms with Crippen LogP contribution in [0.3, 0.4) is 0 Å². The fourth-order valence-corrected chi connectivity index (χ4v) is 1.71. The number of nitrogens with one attached hydrogen (secondary N) is 1. The molecule has 0 bridgehead atoms. The highest BCUT2D eigenvalue weighted by Crippen LogP contribution is 2.04. The Kier molecular flexibility index (Phi) is 3.78. The fourth-order valence-electron chi connectivity index (χ4n) is 1.71. The van der Waals surface area contributed by atoms with Crippen LogP contribution in [-0.2, 0) is 24.9 Å². The predicted molar refractivity (Wildman–Crippen MR) is 66.8 cm³/mol. The second-order valence-electron chi connectivity index (χ2n) is 4.29. The predicted octanol–water partition coefficient (Wildman–Crippen LogP) is -0.665. The first-order chi connectivity index (χ1) is 9.45. The van der Waals surface area contributed by atoms with Gasteiger partial charge in [0.05, 0.1) is 11.9 Å². The molecule has 2 N–H and O–H groups in total. The molecule has 0 unspecified atom stereocenters. The molecular formula is C11H14N6O3. The number of rotatable bonds is 5. The van der Waals surface area contributed by atoms with Gasteiger partial charge in [-0.3, -0.25) is 14.3 Å². The molecule has 9 heteroatoms. The molecule has 0 spiro atoms. The van der Waals surface area contributed by atoms with Crippen molar-refractivity contribution >= 4 is 11.9 Å².